The number of oxime groups is 1. The lowest BCUT2D eigenvalue weighted by atomic mass is 10.0. The van der Waals surface area contributed by atoms with Crippen LogP contribution in [0.15, 0.2) is 205 Å². The maximum Gasteiger partial charge on any atom is 0.335 e. The monoisotopic (exact) mass is 1920 g/mol. The Hall–Kier alpha value is -11.8. The van der Waals surface area contributed by atoms with Crippen molar-refractivity contribution >= 4 is 101 Å². The summed E-state index contributed by atoms with van der Waals surface area (Å²) < 4.78 is 4.94. The Bertz CT molecular complexity index is 5820. The number of ether oxygens (including phenoxy) is 1. The highest BCUT2D eigenvalue weighted by molar-refractivity contribution is 6.69. The molecule has 18 rings (SSSR count). The van der Waals surface area contributed by atoms with E-state index in [0.29, 0.717) is 22.8 Å². The van der Waals surface area contributed by atoms with Gasteiger partial charge in [-0.2, -0.15) is 0 Å². The number of methoxy groups -OCH3 is 1. The smallest absolute Gasteiger partial charge is 0.335 e. The van der Waals surface area contributed by atoms with Crippen molar-refractivity contribution in [1.29, 1.82) is 0 Å². The van der Waals surface area contributed by atoms with Gasteiger partial charge < -0.3 is 75.9 Å². The lowest BCUT2D eigenvalue weighted by Crippen LogP contribution is -2.37. The van der Waals surface area contributed by atoms with Gasteiger partial charge in [0.05, 0.1) is 70.7 Å². The molecule has 744 valence electrons. The topological polar surface area (TPSA) is 351 Å². The van der Waals surface area contributed by atoms with Crippen LogP contribution in [0.4, 0.5) is 22.7 Å². The van der Waals surface area contributed by atoms with E-state index in [2.05, 4.69) is 149 Å². The number of aromatic nitrogens is 8. The summed E-state index contributed by atoms with van der Waals surface area (Å²) in [6, 6.07) is 47.6. The second-order valence-corrected chi connectivity index (χ2v) is 37.1. The van der Waals surface area contributed by atoms with Crippen molar-refractivity contribution in [3.05, 3.63) is 217 Å². The van der Waals surface area contributed by atoms with Gasteiger partial charge in [0.25, 0.3) is 0 Å². The molecule has 0 amide bonds. The number of nitrogens with two attached hydrogens (primary N) is 2. The second-order valence-electron chi connectivity index (χ2n) is 36.8. The minimum atomic E-state index is -0.926. The highest BCUT2D eigenvalue weighted by atomic mass is 35.5. The molecular formula is C109H144ClN23O7. The minimum absolute atomic E-state index is 0.0253. The van der Waals surface area contributed by atoms with Crippen molar-refractivity contribution in [2.75, 3.05) is 201 Å². The summed E-state index contributed by atoms with van der Waals surface area (Å²) >= 11 is 6.12. The number of halogens is 1. The lowest BCUT2D eigenvalue weighted by molar-refractivity contribution is 0.0696. The maximum atomic E-state index is 12.0. The molecule has 0 spiro atoms. The van der Waals surface area contributed by atoms with Gasteiger partial charge in [0.1, 0.15) is 13.7 Å². The predicted molar refractivity (Wildman–Crippen MR) is 569 cm³/mol. The van der Waals surface area contributed by atoms with Crippen molar-refractivity contribution < 1.29 is 33.9 Å². The summed E-state index contributed by atoms with van der Waals surface area (Å²) in [4.78, 5) is 93.4. The Morgan fingerprint density at radius 2 is 0.714 bits per heavy atom. The number of ketones is 1. The van der Waals surface area contributed by atoms with Crippen molar-refractivity contribution in [3.8, 4) is 45.0 Å². The van der Waals surface area contributed by atoms with E-state index in [9.17, 15) is 9.59 Å². The molecule has 8 aromatic heterocycles. The first kappa shape index (κ1) is 106. The molecule has 12 aromatic rings. The number of hydrogen-bond acceptors (Lipinski definition) is 28. The average Bonchev–Trinajstić information content (AvgIpc) is 0.807. The molecular weight excluding hydrogens is 1780 g/mol. The van der Waals surface area contributed by atoms with Gasteiger partial charge in [-0.15, -0.1) is 0 Å². The molecule has 0 unspecified atom stereocenters. The number of Topliss-reactive ketones (excluding diaryl/α,β-unsaturated/α-hetero) is 1. The van der Waals surface area contributed by atoms with Gasteiger partial charge in [-0.25, -0.2) is 36.1 Å². The number of carboxylic acid groups (broad SMARTS) is 1. The van der Waals surface area contributed by atoms with E-state index in [4.69, 9.17) is 61.8 Å². The number of benzene rings is 4. The van der Waals surface area contributed by atoms with E-state index in [0.717, 1.165) is 232 Å². The Morgan fingerprint density at radius 1 is 0.414 bits per heavy atom. The van der Waals surface area contributed by atoms with E-state index in [1.54, 1.807) is 50.0 Å². The summed E-state index contributed by atoms with van der Waals surface area (Å²) in [6.07, 6.45) is 39.6. The summed E-state index contributed by atoms with van der Waals surface area (Å²) in [5, 5.41) is 31.8. The summed E-state index contributed by atoms with van der Waals surface area (Å²) in [6.45, 7) is 22.7. The second kappa shape index (κ2) is 57.2. The Morgan fingerprint density at radius 3 is 1.01 bits per heavy atom. The molecule has 4 aromatic carbocycles. The van der Waals surface area contributed by atoms with Crippen LogP contribution in [0.1, 0.15) is 160 Å². The number of nitrogens with zero attached hydrogens (tertiary/aromatic N) is 16. The van der Waals surface area contributed by atoms with E-state index in [-0.39, 0.29) is 18.0 Å². The average molecular weight is 1920 g/mol. The van der Waals surface area contributed by atoms with E-state index in [1.165, 1.54) is 177 Å². The highest BCUT2D eigenvalue weighted by Gasteiger charge is 2.22. The summed E-state index contributed by atoms with van der Waals surface area (Å²) in [5.74, 6) is 4.18. The number of likely N-dealkylation sites (tertiary alicyclic amines) is 6. The fourth-order valence-electron chi connectivity index (χ4n) is 18.4. The number of carbonyl (C=O) groups excluding carboxylic acids is 1. The molecule has 0 radical (unpaired) electrons. The molecule has 30 nitrogen and oxygen atoms in total. The molecule has 31 heteroatoms. The van der Waals surface area contributed by atoms with Crippen LogP contribution in [0.25, 0.3) is 88.6 Å². The zero-order chi connectivity index (χ0) is 97.8. The van der Waals surface area contributed by atoms with Gasteiger partial charge in [0.2, 0.25) is 0 Å². The number of pyridine rings is 8. The first-order valence-corrected chi connectivity index (χ1v) is 50.5. The van der Waals surface area contributed by atoms with Crippen molar-refractivity contribution in [1.82, 2.24) is 74.8 Å². The summed E-state index contributed by atoms with van der Waals surface area (Å²) in [7, 11) is 10.4. The number of hydrogen-bond donors (Lipinski definition) is 8. The van der Waals surface area contributed by atoms with Crippen molar-refractivity contribution in [2.24, 2.45) is 21.8 Å². The van der Waals surface area contributed by atoms with Crippen LogP contribution in [0, 0.1) is 0 Å². The third-order valence-electron chi connectivity index (χ3n) is 26.3. The minimum Gasteiger partial charge on any atom is -0.478 e. The van der Waals surface area contributed by atoms with Crippen LogP contribution in [0.5, 0.6) is 0 Å². The van der Waals surface area contributed by atoms with E-state index in [1.807, 2.05) is 110 Å². The number of nitrogens with one attached hydrogen (secondary N) is 5. The van der Waals surface area contributed by atoms with Crippen LogP contribution in [-0.4, -0.2) is 289 Å². The first-order chi connectivity index (χ1) is 68.6. The van der Waals surface area contributed by atoms with Gasteiger partial charge in [-0.3, -0.25) is 34.6 Å². The predicted octanol–water partition coefficient (Wildman–Crippen LogP) is 18.0. The highest BCUT2D eigenvalue weighted by Crippen LogP contribution is 2.35. The molecule has 140 heavy (non-hydrogen) atoms. The number of carbonyl (C=O) groups is 2. The molecule has 0 atom stereocenters. The zero-order valence-corrected chi connectivity index (χ0v) is 83.5. The number of hydroxylamine groups is 1. The van der Waals surface area contributed by atoms with E-state index < -0.39 is 5.97 Å². The van der Waals surface area contributed by atoms with Crippen molar-refractivity contribution in [3.63, 3.8) is 0 Å². The number of aromatic carboxylic acids is 1. The fourth-order valence-corrected chi connectivity index (χ4v) is 18.6. The van der Waals surface area contributed by atoms with Crippen LogP contribution < -0.4 is 38.4 Å². The number of piperidine rings is 6. The third kappa shape index (κ3) is 32.9. The quantitative estimate of drug-likeness (QED) is 0.00623. The number of aliphatic imine (C=N–C) groups is 1. The SMILES string of the molecule is CN1CCC(N)CC1.CO/N=C(\Cl)c1ccc(-c2cc(NCCCN3CCCCC3)c3cnccc3n2)cc1.COCC(=O)c1ccc(-c2cc(NCCCN3CCCCC3)c3cnccc3n2)cc1.CON.CONC(=NC1CCN(C)CC1)c1ccc(-c2cc(NCCCN3CCCCC3)c3cnccc3n2)cc1.O=C(O)c1ccc(-c2cc(NCCCN3CCCCC3)c3cnccc3n2)cc1. The largest absolute Gasteiger partial charge is 0.478 e. The Labute approximate surface area is 830 Å². The van der Waals surface area contributed by atoms with Crippen LogP contribution in [-0.2, 0) is 19.2 Å². The maximum absolute atomic E-state index is 12.0. The van der Waals surface area contributed by atoms with Crippen LogP contribution >= 0.6 is 11.6 Å². The number of fused-ring (bicyclic) bond motifs is 4. The number of carboxylic acids is 1. The standard InChI is InChI=1S/C30H41N7O.C25H30N4O2.C24H28ClN5O.C23H26N4O2.C6H14N2.CH5NO/c1-36-19-12-25(13-20-36)33-30(35-38-2)24-9-7-23(8-10-24)28-21-29(26-22-31-15-11-27(26)34-28)32-14-6-18-37-16-4-3-5-17-37;1-31-18-25(30)20-8-6-19(7-9-20)23-16-24(21-17-26-12-10-22(21)28-23)27-11-5-15-29-13-3-2-4-14-29;1-31-29-24(25)19-8-6-18(7-9-19)22-16-23(20-17-26-12-10-21(20)28-22)27-11-5-15-30-13-3-2-4-14-30;28-23(29)18-7-5-17(6-8-18)21-15-22(19-16-24-11-9-20(19)26-21)25-10-4-14-27-12-2-1-3-13-27;1-8-4-2-6(7)3-5-8;1-3-2/h7-11,15,21-22,25H,3-6,12-14,16-20H2,1-2H3,(H,32,34)(H,33,35);6-10,12,16-17H,2-5,11,13-15,18H2,1H3,(H,27,28);6-10,12,16-17H,2-5,11,13-15H2,1H3,(H,27,28);5-9,11,15-16H,1-4,10,12-14H2,(H,25,26)(H,28,29);6H,2-5,7H2,1H3;2H2,1H3/b;;29-24-;;;. The molecule has 6 aliphatic rings. The molecule has 0 aliphatic carbocycles. The van der Waals surface area contributed by atoms with Gasteiger partial charge in [0.15, 0.2) is 16.8 Å². The number of rotatable bonds is 33. The van der Waals surface area contributed by atoms with Crippen LogP contribution in [0.3, 0.4) is 0 Å². The molecule has 6 aliphatic heterocycles. The zero-order valence-electron chi connectivity index (χ0n) is 82.7. The van der Waals surface area contributed by atoms with Gasteiger partial charge >= 0.3 is 5.97 Å². The van der Waals surface area contributed by atoms with Gasteiger partial charge in [0, 0.05) is 172 Å². The van der Waals surface area contributed by atoms with Gasteiger partial charge in [-0.1, -0.05) is 127 Å². The third-order valence-corrected chi connectivity index (χ3v) is 26.6. The molecule has 14 heterocycles. The fraction of sp³-hybridized carbons (Fsp3) is 0.450. The molecule has 0 saturated carbocycles. The molecule has 0 bridgehead atoms. The molecule has 10 N–H and O–H groups in total. The number of amidine groups is 1. The first-order valence-electron chi connectivity index (χ1n) is 50.1. The Kier molecular flexibility index (Phi) is 43.2. The number of anilines is 4. The summed E-state index contributed by atoms with van der Waals surface area (Å²) in [5.41, 5.74) is 26.8. The Balaban J connectivity index is 0.000000152. The normalized spacial score (nSPS) is 16.2. The lowest BCUT2D eigenvalue weighted by Gasteiger charge is -2.27. The van der Waals surface area contributed by atoms with E-state index >= 15 is 0 Å². The molecule has 6 fully saturated rings. The molecule has 6 saturated heterocycles. The van der Waals surface area contributed by atoms with Crippen molar-refractivity contribution in [2.45, 2.75) is 141 Å². The van der Waals surface area contributed by atoms with Crippen LogP contribution in [0.2, 0.25) is 0 Å². The van der Waals surface area contributed by atoms with Gasteiger partial charge in [-0.05, 0) is 282 Å².